The van der Waals surface area contributed by atoms with Gasteiger partial charge in [-0.2, -0.15) is 0 Å². The van der Waals surface area contributed by atoms with Crippen molar-refractivity contribution in [3.8, 4) is 22.8 Å². The van der Waals surface area contributed by atoms with Crippen LogP contribution in [0.3, 0.4) is 0 Å². The number of anilines is 1. The van der Waals surface area contributed by atoms with Gasteiger partial charge in [-0.05, 0) is 71.8 Å². The molecule has 1 aliphatic heterocycles. The van der Waals surface area contributed by atoms with Gasteiger partial charge in [-0.25, -0.2) is 9.59 Å². The van der Waals surface area contributed by atoms with E-state index in [9.17, 15) is 19.5 Å². The molecule has 1 fully saturated rings. The Kier molecular flexibility index (Phi) is 9.92. The first-order chi connectivity index (χ1) is 24.9. The Labute approximate surface area is 296 Å². The number of fused-ring (bicyclic) bond motifs is 5. The van der Waals surface area contributed by atoms with Crippen LogP contribution in [0.2, 0.25) is 0 Å². The number of rotatable bonds is 10. The second-order valence-electron chi connectivity index (χ2n) is 13.1. The number of amides is 2. The van der Waals surface area contributed by atoms with Crippen molar-refractivity contribution in [3.05, 3.63) is 113 Å². The van der Waals surface area contributed by atoms with Gasteiger partial charge in [0.1, 0.15) is 30.8 Å². The zero-order chi connectivity index (χ0) is 35.3. The zero-order valence-corrected chi connectivity index (χ0v) is 28.5. The first-order valence-corrected chi connectivity index (χ1v) is 17.5. The van der Waals surface area contributed by atoms with Crippen LogP contribution in [0.15, 0.2) is 91.0 Å². The lowest BCUT2D eigenvalue weighted by molar-refractivity contribution is -0.139. The van der Waals surface area contributed by atoms with E-state index in [1.54, 1.807) is 37.4 Å². The van der Waals surface area contributed by atoms with Crippen molar-refractivity contribution in [3.63, 3.8) is 0 Å². The quantitative estimate of drug-likeness (QED) is 0.136. The largest absolute Gasteiger partial charge is 0.497 e. The molecule has 3 N–H and O–H groups in total. The van der Waals surface area contributed by atoms with Gasteiger partial charge in [0.2, 0.25) is 0 Å². The molecule has 1 atom stereocenters. The molecule has 0 bridgehead atoms. The number of carboxylic acids is 1. The lowest BCUT2D eigenvalue weighted by atomic mass is 9.81. The van der Waals surface area contributed by atoms with E-state index in [1.165, 1.54) is 24.8 Å². The molecule has 2 aliphatic rings. The van der Waals surface area contributed by atoms with Crippen LogP contribution in [-0.4, -0.2) is 47.4 Å². The van der Waals surface area contributed by atoms with Crippen molar-refractivity contribution >= 4 is 34.6 Å². The lowest BCUT2D eigenvalue weighted by Crippen LogP contribution is -2.42. The van der Waals surface area contributed by atoms with Crippen LogP contribution in [0.1, 0.15) is 65.1 Å². The fraction of sp³-hybridized carbons (Fsp3) is 0.293. The van der Waals surface area contributed by atoms with Gasteiger partial charge >= 0.3 is 12.1 Å². The Hall–Kier alpha value is -5.77. The highest BCUT2D eigenvalue weighted by Crippen LogP contribution is 2.47. The second-order valence-corrected chi connectivity index (χ2v) is 13.1. The van der Waals surface area contributed by atoms with E-state index in [1.807, 2.05) is 54.6 Å². The monoisotopic (exact) mass is 687 g/mol. The number of aromatic nitrogens is 1. The summed E-state index contributed by atoms with van der Waals surface area (Å²) in [6.07, 6.45) is 5.28. The molecule has 51 heavy (non-hydrogen) atoms. The first kappa shape index (κ1) is 33.7. The topological polar surface area (TPSA) is 128 Å². The Morgan fingerprint density at radius 1 is 0.922 bits per heavy atom. The molecule has 2 heterocycles. The van der Waals surface area contributed by atoms with Crippen LogP contribution in [0.4, 0.5) is 10.5 Å². The summed E-state index contributed by atoms with van der Waals surface area (Å²) < 4.78 is 19.2. The average molecular weight is 688 g/mol. The van der Waals surface area contributed by atoms with Gasteiger partial charge in [0, 0.05) is 40.2 Å². The van der Waals surface area contributed by atoms with Gasteiger partial charge in [-0.15, -0.1) is 0 Å². The van der Waals surface area contributed by atoms with Crippen LogP contribution in [0.5, 0.6) is 11.5 Å². The summed E-state index contributed by atoms with van der Waals surface area (Å²) >= 11 is 0. The van der Waals surface area contributed by atoms with Crippen molar-refractivity contribution in [2.75, 3.05) is 19.0 Å². The highest BCUT2D eigenvalue weighted by Gasteiger charge is 2.30. The van der Waals surface area contributed by atoms with E-state index in [2.05, 4.69) is 21.3 Å². The molecule has 5 aromatic rings. The summed E-state index contributed by atoms with van der Waals surface area (Å²) in [7, 11) is 1.65. The molecule has 0 saturated heterocycles. The van der Waals surface area contributed by atoms with Crippen molar-refractivity contribution in [1.29, 1.82) is 0 Å². The number of hydrogen-bond donors (Lipinski definition) is 3. The Morgan fingerprint density at radius 2 is 1.71 bits per heavy atom. The third-order valence-electron chi connectivity index (χ3n) is 9.85. The Balaban J connectivity index is 1.10. The Bertz CT molecular complexity index is 2050. The zero-order valence-electron chi connectivity index (χ0n) is 28.5. The maximum Gasteiger partial charge on any atom is 0.411 e. The number of methoxy groups -OCH3 is 1. The number of ether oxygens (including phenoxy) is 3. The number of nitrogens with one attached hydrogen (secondary N) is 2. The van der Waals surface area contributed by atoms with Crippen LogP contribution in [0, 0.1) is 0 Å². The molecule has 10 nitrogen and oxygen atoms in total. The van der Waals surface area contributed by atoms with Gasteiger partial charge in [0.05, 0.1) is 19.3 Å². The molecule has 10 heteroatoms. The molecule has 1 saturated carbocycles. The van der Waals surface area contributed by atoms with Crippen LogP contribution in [-0.2, 0) is 29.1 Å². The molecule has 7 rings (SSSR count). The van der Waals surface area contributed by atoms with E-state index >= 15 is 0 Å². The van der Waals surface area contributed by atoms with Crippen molar-refractivity contribution in [2.24, 2.45) is 0 Å². The van der Waals surface area contributed by atoms with Crippen molar-refractivity contribution in [1.82, 2.24) is 9.88 Å². The van der Waals surface area contributed by atoms with Gasteiger partial charge in [-0.1, -0.05) is 67.8 Å². The van der Waals surface area contributed by atoms with Gasteiger partial charge < -0.3 is 29.2 Å². The number of benzene rings is 4. The summed E-state index contributed by atoms with van der Waals surface area (Å²) in [5.41, 5.74) is 6.81. The van der Waals surface area contributed by atoms with Crippen molar-refractivity contribution < 1.29 is 33.7 Å². The molecule has 0 unspecified atom stereocenters. The Morgan fingerprint density at radius 3 is 2.45 bits per heavy atom. The van der Waals surface area contributed by atoms with E-state index in [-0.39, 0.29) is 13.0 Å². The van der Waals surface area contributed by atoms with Gasteiger partial charge in [-0.3, -0.25) is 10.1 Å². The van der Waals surface area contributed by atoms with Gasteiger partial charge in [0.15, 0.2) is 0 Å². The molecule has 0 radical (unpaired) electrons. The smallest absolute Gasteiger partial charge is 0.411 e. The summed E-state index contributed by atoms with van der Waals surface area (Å²) in [6, 6.07) is 26.6. The normalized spacial score (nSPS) is 14.7. The molecule has 1 aliphatic carbocycles. The minimum absolute atomic E-state index is 0.0615. The lowest BCUT2D eigenvalue weighted by Gasteiger charge is -2.23. The number of carbonyl (C=O) groups excluding carboxylic acids is 2. The summed E-state index contributed by atoms with van der Waals surface area (Å²) in [4.78, 5) is 38.3. The predicted octanol–water partition coefficient (Wildman–Crippen LogP) is 7.93. The van der Waals surface area contributed by atoms with Gasteiger partial charge in [0.25, 0.3) is 5.91 Å². The predicted molar refractivity (Wildman–Crippen MR) is 195 cm³/mol. The molecule has 1 aromatic heterocycles. The third-order valence-corrected chi connectivity index (χ3v) is 9.85. The van der Waals surface area contributed by atoms with E-state index in [4.69, 9.17) is 14.2 Å². The summed E-state index contributed by atoms with van der Waals surface area (Å²) in [5, 5.41) is 16.6. The number of carboxylic acid groups (broad SMARTS) is 1. The highest BCUT2D eigenvalue weighted by molar-refractivity contribution is 6.02. The number of aliphatic carboxylic acids is 1. The minimum Gasteiger partial charge on any atom is -0.497 e. The summed E-state index contributed by atoms with van der Waals surface area (Å²) in [6.45, 7) is 1.21. The molecule has 262 valence electrons. The number of hydrogen-bond acceptors (Lipinski definition) is 6. The fourth-order valence-electron chi connectivity index (χ4n) is 7.31. The molecular formula is C41H41N3O7. The minimum atomic E-state index is -1.17. The average Bonchev–Trinajstić information content (AvgIpc) is 3.36. The van der Waals surface area contributed by atoms with E-state index in [0.29, 0.717) is 35.9 Å². The van der Waals surface area contributed by atoms with Crippen molar-refractivity contribution in [2.45, 2.75) is 63.6 Å². The molecule has 4 aromatic carbocycles. The maximum atomic E-state index is 13.7. The highest BCUT2D eigenvalue weighted by atomic mass is 16.5. The standard InChI is InChI=1S/C41H41N3O7/c1-49-31-17-19-33-36(24-31)50-21-20-44-35-23-29(14-18-32(35)37(38(33)44)28-10-6-3-7-11-28)39(45)43-34(40(46)47)22-26-12-15-30(16-13-26)42-41(48)51-25-27-8-4-2-5-9-27/h2,4-5,8-9,12-19,23-24,28,34H,3,6-7,10-11,20-22,25H2,1H3,(H,42,48)(H,43,45)(H,46,47)/t34-/m0/s1. The molecule has 0 spiro atoms. The second kappa shape index (κ2) is 15.0. The maximum absolute atomic E-state index is 13.7. The third kappa shape index (κ3) is 7.40. The van der Waals surface area contributed by atoms with Crippen LogP contribution < -0.4 is 20.1 Å². The first-order valence-electron chi connectivity index (χ1n) is 17.5. The fourth-order valence-corrected chi connectivity index (χ4v) is 7.31. The molecule has 2 amide bonds. The number of nitrogens with zero attached hydrogens (tertiary/aromatic N) is 1. The SMILES string of the molecule is COc1ccc2c(c1)OCCn1c-2c(C2CCCCC2)c2ccc(C(=O)N[C@@H](Cc3ccc(NC(=O)OCc4ccccc4)cc3)C(=O)O)cc21. The number of carbonyl (C=O) groups is 3. The van der Waals surface area contributed by atoms with Crippen LogP contribution in [0.25, 0.3) is 22.2 Å². The van der Waals surface area contributed by atoms with E-state index < -0.39 is 24.0 Å². The van der Waals surface area contributed by atoms with E-state index in [0.717, 1.165) is 52.1 Å². The summed E-state index contributed by atoms with van der Waals surface area (Å²) in [5.74, 6) is 0.298. The molecular weight excluding hydrogens is 646 g/mol. The van der Waals surface area contributed by atoms with Crippen LogP contribution >= 0.6 is 0 Å².